The lowest BCUT2D eigenvalue weighted by molar-refractivity contribution is 0.247. The number of rotatable bonds is 1. The molecule has 1 saturated heterocycles. The van der Waals surface area contributed by atoms with Crippen molar-refractivity contribution in [2.45, 2.75) is 12.5 Å². The van der Waals surface area contributed by atoms with Gasteiger partial charge in [-0.3, -0.25) is 0 Å². The zero-order valence-corrected chi connectivity index (χ0v) is 8.25. The highest BCUT2D eigenvalue weighted by Gasteiger charge is 2.23. The smallest absolute Gasteiger partial charge is 0.315 e. The average Bonchev–Trinajstić information content (AvgIpc) is 2.84. The summed E-state index contributed by atoms with van der Waals surface area (Å²) in [5, 5.41) is 5.62. The van der Waals surface area contributed by atoms with E-state index in [4.69, 9.17) is 4.74 Å². The predicted octanol–water partition coefficient (Wildman–Crippen LogP) is 0.975. The normalized spacial score (nSPS) is 22.9. The van der Waals surface area contributed by atoms with Gasteiger partial charge in [0.1, 0.15) is 5.75 Å². The van der Waals surface area contributed by atoms with Gasteiger partial charge in [-0.25, -0.2) is 4.79 Å². The Bertz CT molecular complexity index is 417. The largest absolute Gasteiger partial charge is 0.493 e. The summed E-state index contributed by atoms with van der Waals surface area (Å²) in [5.74, 6) is 0.982. The third-order valence-electron chi connectivity index (χ3n) is 2.89. The minimum Gasteiger partial charge on any atom is -0.493 e. The molecule has 1 atom stereocenters. The molecule has 2 aliphatic heterocycles. The van der Waals surface area contributed by atoms with Gasteiger partial charge in [-0.2, -0.15) is 0 Å². The molecule has 78 valence electrons. The summed E-state index contributed by atoms with van der Waals surface area (Å²) in [6.45, 7) is 1.44. The van der Waals surface area contributed by atoms with E-state index < -0.39 is 0 Å². The van der Waals surface area contributed by atoms with Crippen molar-refractivity contribution in [2.24, 2.45) is 0 Å². The maximum Gasteiger partial charge on any atom is 0.315 e. The third-order valence-corrected chi connectivity index (χ3v) is 2.89. The Morgan fingerprint density at radius 1 is 1.40 bits per heavy atom. The molecule has 3 rings (SSSR count). The van der Waals surface area contributed by atoms with Crippen molar-refractivity contribution in [1.82, 2.24) is 10.6 Å². The van der Waals surface area contributed by atoms with E-state index in [1.54, 1.807) is 0 Å². The zero-order chi connectivity index (χ0) is 10.3. The van der Waals surface area contributed by atoms with E-state index in [2.05, 4.69) is 16.7 Å². The van der Waals surface area contributed by atoms with Crippen molar-refractivity contribution in [3.63, 3.8) is 0 Å². The highest BCUT2D eigenvalue weighted by molar-refractivity contribution is 5.76. The molecule has 0 aliphatic carbocycles. The first-order valence-electron chi connectivity index (χ1n) is 5.13. The maximum atomic E-state index is 11.0. The second-order valence-electron chi connectivity index (χ2n) is 3.87. The summed E-state index contributed by atoms with van der Waals surface area (Å²) in [6, 6.07) is 6.14. The van der Waals surface area contributed by atoms with E-state index in [0.29, 0.717) is 6.54 Å². The van der Waals surface area contributed by atoms with E-state index in [1.807, 2.05) is 12.1 Å². The van der Waals surface area contributed by atoms with Crippen molar-refractivity contribution < 1.29 is 9.53 Å². The van der Waals surface area contributed by atoms with Crippen molar-refractivity contribution in [1.29, 1.82) is 0 Å². The topological polar surface area (TPSA) is 50.4 Å². The summed E-state index contributed by atoms with van der Waals surface area (Å²) >= 11 is 0. The van der Waals surface area contributed by atoms with E-state index in [9.17, 15) is 4.79 Å². The van der Waals surface area contributed by atoms with E-state index in [-0.39, 0.29) is 12.1 Å². The molecular weight excluding hydrogens is 192 g/mol. The quantitative estimate of drug-likeness (QED) is 0.716. The lowest BCUT2D eigenvalue weighted by Crippen LogP contribution is -2.21. The standard InChI is InChI=1S/C11H12N2O2/c14-11-12-6-9(13-11)7-1-2-10-8(5-7)3-4-15-10/h1-2,5,9H,3-4,6H2,(H2,12,13,14)/t9-/m0/s1. The maximum absolute atomic E-state index is 11.0. The van der Waals surface area contributed by atoms with Gasteiger partial charge in [0.05, 0.1) is 12.6 Å². The molecule has 2 amide bonds. The molecule has 0 aromatic heterocycles. The summed E-state index contributed by atoms with van der Waals surface area (Å²) in [5.41, 5.74) is 2.39. The number of ether oxygens (including phenoxy) is 1. The Morgan fingerprint density at radius 3 is 3.13 bits per heavy atom. The van der Waals surface area contributed by atoms with Gasteiger partial charge in [0.15, 0.2) is 0 Å². The molecule has 4 heteroatoms. The first-order valence-corrected chi connectivity index (χ1v) is 5.13. The molecule has 0 unspecified atom stereocenters. The molecule has 2 aliphatic rings. The average molecular weight is 204 g/mol. The van der Waals surface area contributed by atoms with Crippen LogP contribution in [0.2, 0.25) is 0 Å². The molecule has 0 spiro atoms. The van der Waals surface area contributed by atoms with Crippen LogP contribution >= 0.6 is 0 Å². The summed E-state index contributed by atoms with van der Waals surface area (Å²) in [6.07, 6.45) is 0.970. The minimum atomic E-state index is -0.0863. The van der Waals surface area contributed by atoms with Crippen LogP contribution in [0.3, 0.4) is 0 Å². The Balaban J connectivity index is 1.89. The number of fused-ring (bicyclic) bond motifs is 1. The number of urea groups is 1. The Hall–Kier alpha value is -1.71. The number of nitrogens with one attached hydrogen (secondary N) is 2. The fourth-order valence-corrected chi connectivity index (χ4v) is 2.08. The predicted molar refractivity (Wildman–Crippen MR) is 54.9 cm³/mol. The van der Waals surface area contributed by atoms with Gasteiger partial charge in [0.25, 0.3) is 0 Å². The van der Waals surface area contributed by atoms with E-state index >= 15 is 0 Å². The number of benzene rings is 1. The molecule has 1 aromatic rings. The number of hydrogen-bond donors (Lipinski definition) is 2. The van der Waals surface area contributed by atoms with Crippen LogP contribution in [0.25, 0.3) is 0 Å². The van der Waals surface area contributed by atoms with Gasteiger partial charge in [-0.05, 0) is 23.3 Å². The summed E-state index contributed by atoms with van der Waals surface area (Å²) < 4.78 is 5.43. The van der Waals surface area contributed by atoms with Crippen LogP contribution in [-0.2, 0) is 6.42 Å². The number of carbonyl (C=O) groups is 1. The van der Waals surface area contributed by atoms with Crippen LogP contribution in [0.5, 0.6) is 5.75 Å². The molecule has 0 saturated carbocycles. The lowest BCUT2D eigenvalue weighted by atomic mass is 10.0. The van der Waals surface area contributed by atoms with Gasteiger partial charge < -0.3 is 15.4 Å². The van der Waals surface area contributed by atoms with Crippen LogP contribution in [0.1, 0.15) is 17.2 Å². The molecule has 4 nitrogen and oxygen atoms in total. The Kier molecular flexibility index (Phi) is 1.80. The fourth-order valence-electron chi connectivity index (χ4n) is 2.08. The Morgan fingerprint density at radius 2 is 2.33 bits per heavy atom. The molecule has 15 heavy (non-hydrogen) atoms. The van der Waals surface area contributed by atoms with Crippen LogP contribution in [0.15, 0.2) is 18.2 Å². The lowest BCUT2D eigenvalue weighted by Gasteiger charge is -2.10. The van der Waals surface area contributed by atoms with Crippen LogP contribution in [0, 0.1) is 0 Å². The zero-order valence-electron chi connectivity index (χ0n) is 8.25. The molecule has 2 heterocycles. The second kappa shape index (κ2) is 3.15. The first kappa shape index (κ1) is 8.59. The number of hydrogen-bond acceptors (Lipinski definition) is 2. The SMILES string of the molecule is O=C1NC[C@@H](c2ccc3c(c2)CCO3)N1. The first-order chi connectivity index (χ1) is 7.33. The van der Waals surface area contributed by atoms with Crippen molar-refractivity contribution in [3.8, 4) is 5.75 Å². The van der Waals surface area contributed by atoms with Gasteiger partial charge in [-0.15, -0.1) is 0 Å². The summed E-state index contributed by atoms with van der Waals surface area (Å²) in [7, 11) is 0. The van der Waals surface area contributed by atoms with Crippen LogP contribution in [0.4, 0.5) is 4.79 Å². The number of carbonyl (C=O) groups excluding carboxylic acids is 1. The highest BCUT2D eigenvalue weighted by atomic mass is 16.5. The molecule has 1 aromatic carbocycles. The van der Waals surface area contributed by atoms with Crippen LogP contribution in [-0.4, -0.2) is 19.2 Å². The monoisotopic (exact) mass is 204 g/mol. The fraction of sp³-hybridized carbons (Fsp3) is 0.364. The molecular formula is C11H12N2O2. The molecule has 1 fully saturated rings. The van der Waals surface area contributed by atoms with Crippen molar-refractivity contribution in [3.05, 3.63) is 29.3 Å². The van der Waals surface area contributed by atoms with Gasteiger partial charge in [0, 0.05) is 13.0 Å². The molecule has 0 bridgehead atoms. The van der Waals surface area contributed by atoms with E-state index in [0.717, 1.165) is 24.3 Å². The number of amides is 2. The molecule has 2 N–H and O–H groups in total. The van der Waals surface area contributed by atoms with Gasteiger partial charge in [-0.1, -0.05) is 6.07 Å². The van der Waals surface area contributed by atoms with Crippen LogP contribution < -0.4 is 15.4 Å². The van der Waals surface area contributed by atoms with Crippen molar-refractivity contribution in [2.75, 3.05) is 13.2 Å². The van der Waals surface area contributed by atoms with Gasteiger partial charge in [0.2, 0.25) is 0 Å². The third kappa shape index (κ3) is 1.42. The Labute approximate surface area is 87.6 Å². The highest BCUT2D eigenvalue weighted by Crippen LogP contribution is 2.28. The summed E-state index contributed by atoms with van der Waals surface area (Å²) in [4.78, 5) is 11.0. The minimum absolute atomic E-state index is 0.0863. The second-order valence-corrected chi connectivity index (χ2v) is 3.87. The van der Waals surface area contributed by atoms with E-state index in [1.165, 1.54) is 5.56 Å². The molecule has 0 radical (unpaired) electrons. The van der Waals surface area contributed by atoms with Crippen molar-refractivity contribution >= 4 is 6.03 Å². The van der Waals surface area contributed by atoms with Gasteiger partial charge >= 0.3 is 6.03 Å².